The van der Waals surface area contributed by atoms with Crippen molar-refractivity contribution in [2.75, 3.05) is 20.1 Å². The highest BCUT2D eigenvalue weighted by molar-refractivity contribution is 5.90. The van der Waals surface area contributed by atoms with Gasteiger partial charge in [0.2, 0.25) is 17.7 Å². The number of rotatable bonds is 7. The van der Waals surface area contributed by atoms with Crippen molar-refractivity contribution < 1.29 is 14.4 Å². The van der Waals surface area contributed by atoms with Crippen molar-refractivity contribution >= 4 is 17.7 Å². The van der Waals surface area contributed by atoms with Crippen LogP contribution in [0.2, 0.25) is 0 Å². The Kier molecular flexibility index (Phi) is 7.86. The van der Waals surface area contributed by atoms with Crippen molar-refractivity contribution in [3.05, 3.63) is 0 Å². The van der Waals surface area contributed by atoms with Gasteiger partial charge in [-0.3, -0.25) is 14.4 Å². The summed E-state index contributed by atoms with van der Waals surface area (Å²) >= 11 is 0. The molecule has 0 bridgehead atoms. The predicted octanol–water partition coefficient (Wildman–Crippen LogP) is 0.642. The Labute approximate surface area is 151 Å². The Morgan fingerprint density at radius 2 is 1.88 bits per heavy atom. The van der Waals surface area contributed by atoms with Crippen LogP contribution >= 0.6 is 0 Å². The summed E-state index contributed by atoms with van der Waals surface area (Å²) in [7, 11) is 1.71. The highest BCUT2D eigenvalue weighted by Crippen LogP contribution is 2.25. The number of hydrogen-bond donors (Lipinski definition) is 3. The predicted molar refractivity (Wildman–Crippen MR) is 97.9 cm³/mol. The zero-order valence-corrected chi connectivity index (χ0v) is 16.4. The Morgan fingerprint density at radius 1 is 1.24 bits per heavy atom. The third-order valence-electron chi connectivity index (χ3n) is 4.74. The number of likely N-dealkylation sites (tertiary alicyclic amines) is 1. The van der Waals surface area contributed by atoms with Gasteiger partial charge in [0, 0.05) is 25.6 Å². The first kappa shape index (κ1) is 21.4. The van der Waals surface area contributed by atoms with Gasteiger partial charge in [-0.05, 0) is 32.2 Å². The first-order valence-corrected chi connectivity index (χ1v) is 9.16. The van der Waals surface area contributed by atoms with Crippen LogP contribution in [0.5, 0.6) is 0 Å². The number of nitrogens with zero attached hydrogens (tertiary/aromatic N) is 1. The van der Waals surface area contributed by atoms with E-state index in [9.17, 15) is 14.4 Å². The number of carbonyl (C=O) groups is 3. The molecule has 0 unspecified atom stereocenters. The van der Waals surface area contributed by atoms with Crippen LogP contribution in [0, 0.1) is 5.41 Å². The molecular formula is C18H34N4O3. The maximum Gasteiger partial charge on any atom is 0.246 e. The largest absolute Gasteiger partial charge is 0.354 e. The monoisotopic (exact) mass is 354 g/mol. The summed E-state index contributed by atoms with van der Waals surface area (Å²) in [6.45, 7) is 10.5. The van der Waals surface area contributed by atoms with Crippen LogP contribution < -0.4 is 16.0 Å². The van der Waals surface area contributed by atoms with E-state index in [1.807, 2.05) is 25.7 Å². The molecule has 144 valence electrons. The van der Waals surface area contributed by atoms with Crippen molar-refractivity contribution in [2.45, 2.75) is 72.0 Å². The smallest absolute Gasteiger partial charge is 0.246 e. The third-order valence-corrected chi connectivity index (χ3v) is 4.74. The van der Waals surface area contributed by atoms with Crippen LogP contribution in [0.3, 0.4) is 0 Å². The second kappa shape index (κ2) is 9.17. The highest BCUT2D eigenvalue weighted by atomic mass is 16.2. The summed E-state index contributed by atoms with van der Waals surface area (Å²) in [5.41, 5.74) is -0.403. The van der Waals surface area contributed by atoms with Crippen molar-refractivity contribution in [2.24, 2.45) is 5.41 Å². The minimum Gasteiger partial charge on any atom is -0.354 e. The molecule has 7 heteroatoms. The van der Waals surface area contributed by atoms with Crippen LogP contribution in [0.1, 0.15) is 53.9 Å². The van der Waals surface area contributed by atoms with Crippen molar-refractivity contribution in [1.29, 1.82) is 0 Å². The van der Waals surface area contributed by atoms with Crippen molar-refractivity contribution in [3.63, 3.8) is 0 Å². The summed E-state index contributed by atoms with van der Waals surface area (Å²) in [5, 5.41) is 8.67. The Hall–Kier alpha value is -1.63. The standard InChI is InChI=1S/C18H34N4O3/c1-7-14(23)20-11-13-9-8-10-22(13)17(25)15(18(3,4)5)21-16(24)12(2)19-6/h12-13,15,19H,7-11H2,1-6H3,(H,20,23)(H,21,24)/t12-,13-,15+/m0/s1. The number of likely N-dealkylation sites (N-methyl/N-ethyl adjacent to an activating group) is 1. The lowest BCUT2D eigenvalue weighted by molar-refractivity contribution is -0.140. The van der Waals surface area contributed by atoms with Gasteiger partial charge in [0.25, 0.3) is 0 Å². The molecule has 0 radical (unpaired) electrons. The molecule has 1 aliphatic heterocycles. The number of amides is 3. The molecule has 25 heavy (non-hydrogen) atoms. The highest BCUT2D eigenvalue weighted by Gasteiger charge is 2.39. The van der Waals surface area contributed by atoms with Crippen LogP contribution in [0.4, 0.5) is 0 Å². The van der Waals surface area contributed by atoms with Gasteiger partial charge in [-0.1, -0.05) is 27.7 Å². The molecule has 0 spiro atoms. The average molecular weight is 354 g/mol. The van der Waals surface area contributed by atoms with Crippen molar-refractivity contribution in [3.8, 4) is 0 Å². The molecule has 0 aromatic heterocycles. The van der Waals surface area contributed by atoms with E-state index in [0.29, 0.717) is 19.5 Å². The SMILES string of the molecule is CCC(=O)NC[C@@H]1CCCN1C(=O)[C@@H](NC(=O)[C@H](C)NC)C(C)(C)C. The van der Waals surface area contributed by atoms with Gasteiger partial charge in [-0.25, -0.2) is 0 Å². The second-order valence-corrected chi connectivity index (χ2v) is 7.80. The zero-order valence-electron chi connectivity index (χ0n) is 16.4. The Bertz CT molecular complexity index is 487. The van der Waals surface area contributed by atoms with E-state index in [1.165, 1.54) is 0 Å². The zero-order chi connectivity index (χ0) is 19.2. The number of hydrogen-bond acceptors (Lipinski definition) is 4. The molecule has 1 aliphatic rings. The maximum absolute atomic E-state index is 13.1. The molecule has 0 aromatic carbocycles. The first-order chi connectivity index (χ1) is 11.6. The molecule has 0 saturated carbocycles. The molecule has 1 fully saturated rings. The fourth-order valence-electron chi connectivity index (χ4n) is 2.91. The van der Waals surface area contributed by atoms with E-state index in [2.05, 4.69) is 16.0 Å². The fraction of sp³-hybridized carbons (Fsp3) is 0.833. The molecule has 3 N–H and O–H groups in total. The summed E-state index contributed by atoms with van der Waals surface area (Å²) in [5.74, 6) is -0.272. The lowest BCUT2D eigenvalue weighted by Crippen LogP contribution is -2.59. The molecule has 1 rings (SSSR count). The lowest BCUT2D eigenvalue weighted by Gasteiger charge is -2.36. The molecule has 3 amide bonds. The second-order valence-electron chi connectivity index (χ2n) is 7.80. The van der Waals surface area contributed by atoms with Gasteiger partial charge in [-0.2, -0.15) is 0 Å². The van der Waals surface area contributed by atoms with Gasteiger partial charge < -0.3 is 20.9 Å². The molecule has 1 heterocycles. The van der Waals surface area contributed by atoms with Gasteiger partial charge >= 0.3 is 0 Å². The van der Waals surface area contributed by atoms with Crippen LogP contribution in [0.15, 0.2) is 0 Å². The van der Waals surface area contributed by atoms with E-state index < -0.39 is 11.5 Å². The van der Waals surface area contributed by atoms with Crippen LogP contribution in [-0.2, 0) is 14.4 Å². The fourth-order valence-corrected chi connectivity index (χ4v) is 2.91. The van der Waals surface area contributed by atoms with Gasteiger partial charge in [0.1, 0.15) is 6.04 Å². The quantitative estimate of drug-likeness (QED) is 0.626. The van der Waals surface area contributed by atoms with E-state index in [1.54, 1.807) is 20.9 Å². The summed E-state index contributed by atoms with van der Waals surface area (Å²) in [6.07, 6.45) is 2.22. The van der Waals surface area contributed by atoms with Gasteiger partial charge in [0.15, 0.2) is 0 Å². The van der Waals surface area contributed by atoms with Gasteiger partial charge in [-0.15, -0.1) is 0 Å². The molecule has 0 aliphatic carbocycles. The molecular weight excluding hydrogens is 320 g/mol. The average Bonchev–Trinajstić information content (AvgIpc) is 3.03. The van der Waals surface area contributed by atoms with E-state index >= 15 is 0 Å². The topological polar surface area (TPSA) is 90.5 Å². The first-order valence-electron chi connectivity index (χ1n) is 9.16. The minimum atomic E-state index is -0.599. The maximum atomic E-state index is 13.1. The number of carbonyl (C=O) groups excluding carboxylic acids is 3. The normalized spacial score (nSPS) is 20.1. The van der Waals surface area contributed by atoms with Crippen LogP contribution in [0.25, 0.3) is 0 Å². The summed E-state index contributed by atoms with van der Waals surface area (Å²) in [6, 6.07) is -0.972. The molecule has 7 nitrogen and oxygen atoms in total. The Morgan fingerprint density at radius 3 is 2.40 bits per heavy atom. The molecule has 1 saturated heterocycles. The van der Waals surface area contributed by atoms with E-state index in [-0.39, 0.29) is 29.8 Å². The minimum absolute atomic E-state index is 0.00789. The third kappa shape index (κ3) is 5.99. The van der Waals surface area contributed by atoms with E-state index in [0.717, 1.165) is 12.8 Å². The summed E-state index contributed by atoms with van der Waals surface area (Å²) < 4.78 is 0. The lowest BCUT2D eigenvalue weighted by atomic mass is 9.85. The van der Waals surface area contributed by atoms with Crippen LogP contribution in [-0.4, -0.2) is 60.9 Å². The molecule has 3 atom stereocenters. The molecule has 0 aromatic rings. The van der Waals surface area contributed by atoms with E-state index in [4.69, 9.17) is 0 Å². The van der Waals surface area contributed by atoms with Crippen molar-refractivity contribution in [1.82, 2.24) is 20.9 Å². The summed E-state index contributed by atoms with van der Waals surface area (Å²) in [4.78, 5) is 38.8. The van der Waals surface area contributed by atoms with Gasteiger partial charge in [0.05, 0.1) is 6.04 Å². The Balaban J connectivity index is 2.85. The number of nitrogens with one attached hydrogen (secondary N) is 3.